The molecule has 0 aliphatic carbocycles. The zero-order valence-corrected chi connectivity index (χ0v) is 17.8. The SMILES string of the molecule is CCn1c(SCC(=O)NCc2ccc(C)cc2)nnc1-c1ccc(C)c(Cl)c1. The minimum Gasteiger partial charge on any atom is -0.351 e. The first-order valence-corrected chi connectivity index (χ1v) is 10.5. The van der Waals surface area contributed by atoms with Gasteiger partial charge in [0.2, 0.25) is 5.91 Å². The van der Waals surface area contributed by atoms with Crippen LogP contribution in [-0.4, -0.2) is 26.4 Å². The van der Waals surface area contributed by atoms with Crippen LogP contribution in [0, 0.1) is 13.8 Å². The van der Waals surface area contributed by atoms with E-state index in [0.29, 0.717) is 23.9 Å². The maximum atomic E-state index is 12.2. The highest BCUT2D eigenvalue weighted by atomic mass is 35.5. The molecule has 0 saturated carbocycles. The molecule has 1 aromatic heterocycles. The predicted molar refractivity (Wildman–Crippen MR) is 115 cm³/mol. The number of nitrogens with zero attached hydrogens (tertiary/aromatic N) is 3. The molecule has 0 spiro atoms. The molecule has 0 radical (unpaired) electrons. The van der Waals surface area contributed by atoms with E-state index in [1.165, 1.54) is 17.3 Å². The summed E-state index contributed by atoms with van der Waals surface area (Å²) in [6.07, 6.45) is 0. The Labute approximate surface area is 174 Å². The second kappa shape index (κ2) is 9.26. The molecule has 0 unspecified atom stereocenters. The fourth-order valence-electron chi connectivity index (χ4n) is 2.71. The van der Waals surface area contributed by atoms with Crippen LogP contribution in [0.5, 0.6) is 0 Å². The summed E-state index contributed by atoms with van der Waals surface area (Å²) in [4.78, 5) is 12.2. The van der Waals surface area contributed by atoms with Crippen molar-refractivity contribution >= 4 is 29.3 Å². The van der Waals surface area contributed by atoms with E-state index in [2.05, 4.69) is 15.5 Å². The zero-order chi connectivity index (χ0) is 20.1. The minimum absolute atomic E-state index is 0.0313. The number of hydrogen-bond donors (Lipinski definition) is 1. The third-order valence-electron chi connectivity index (χ3n) is 4.41. The number of rotatable bonds is 7. The average molecular weight is 415 g/mol. The largest absolute Gasteiger partial charge is 0.351 e. The summed E-state index contributed by atoms with van der Waals surface area (Å²) in [7, 11) is 0. The van der Waals surface area contributed by atoms with Crippen LogP contribution < -0.4 is 5.32 Å². The maximum Gasteiger partial charge on any atom is 0.230 e. The molecular formula is C21H23ClN4OS. The summed E-state index contributed by atoms with van der Waals surface area (Å²) in [6, 6.07) is 14.0. The topological polar surface area (TPSA) is 59.8 Å². The molecule has 146 valence electrons. The third-order valence-corrected chi connectivity index (χ3v) is 5.78. The first kappa shape index (κ1) is 20.4. The number of carbonyl (C=O) groups excluding carboxylic acids is 1. The Morgan fingerprint density at radius 1 is 1.14 bits per heavy atom. The average Bonchev–Trinajstić information content (AvgIpc) is 3.11. The first-order chi connectivity index (χ1) is 13.5. The Morgan fingerprint density at radius 3 is 2.57 bits per heavy atom. The van der Waals surface area contributed by atoms with E-state index in [-0.39, 0.29) is 5.91 Å². The van der Waals surface area contributed by atoms with Crippen molar-refractivity contribution in [2.24, 2.45) is 0 Å². The van der Waals surface area contributed by atoms with Crippen LogP contribution in [0.4, 0.5) is 0 Å². The van der Waals surface area contributed by atoms with Crippen LogP contribution in [-0.2, 0) is 17.9 Å². The Morgan fingerprint density at radius 2 is 1.89 bits per heavy atom. The Bertz CT molecular complexity index is 969. The fraction of sp³-hybridized carbons (Fsp3) is 0.286. The number of aromatic nitrogens is 3. The molecule has 0 aliphatic heterocycles. The summed E-state index contributed by atoms with van der Waals surface area (Å²) in [6.45, 7) is 7.27. The number of hydrogen-bond acceptors (Lipinski definition) is 4. The molecule has 28 heavy (non-hydrogen) atoms. The smallest absolute Gasteiger partial charge is 0.230 e. The van der Waals surface area contributed by atoms with E-state index >= 15 is 0 Å². The van der Waals surface area contributed by atoms with Gasteiger partial charge in [-0.05, 0) is 38.0 Å². The van der Waals surface area contributed by atoms with E-state index in [1.54, 1.807) is 0 Å². The highest BCUT2D eigenvalue weighted by Crippen LogP contribution is 2.27. The summed E-state index contributed by atoms with van der Waals surface area (Å²) in [5.74, 6) is 1.02. The monoisotopic (exact) mass is 414 g/mol. The summed E-state index contributed by atoms with van der Waals surface area (Å²) >= 11 is 7.63. The van der Waals surface area contributed by atoms with E-state index < -0.39 is 0 Å². The van der Waals surface area contributed by atoms with Crippen molar-refractivity contribution in [2.75, 3.05) is 5.75 Å². The first-order valence-electron chi connectivity index (χ1n) is 9.12. The van der Waals surface area contributed by atoms with Crippen LogP contribution in [0.2, 0.25) is 5.02 Å². The van der Waals surface area contributed by atoms with E-state index in [4.69, 9.17) is 11.6 Å². The number of aryl methyl sites for hydroxylation is 2. The number of nitrogens with one attached hydrogen (secondary N) is 1. The number of amides is 1. The molecule has 3 aromatic rings. The molecule has 0 bridgehead atoms. The van der Waals surface area contributed by atoms with Gasteiger partial charge in [-0.1, -0.05) is 65.3 Å². The lowest BCUT2D eigenvalue weighted by Crippen LogP contribution is -2.24. The van der Waals surface area contributed by atoms with E-state index in [9.17, 15) is 4.79 Å². The molecule has 0 fully saturated rings. The molecule has 2 aromatic carbocycles. The molecule has 1 amide bonds. The van der Waals surface area contributed by atoms with Crippen molar-refractivity contribution in [3.63, 3.8) is 0 Å². The number of halogens is 1. The van der Waals surface area contributed by atoms with Crippen molar-refractivity contribution in [2.45, 2.75) is 39.0 Å². The van der Waals surface area contributed by atoms with Gasteiger partial charge in [0.05, 0.1) is 5.75 Å². The van der Waals surface area contributed by atoms with Gasteiger partial charge in [0.1, 0.15) is 0 Å². The van der Waals surface area contributed by atoms with Gasteiger partial charge in [-0.2, -0.15) is 0 Å². The minimum atomic E-state index is -0.0313. The molecule has 0 aliphatic rings. The lowest BCUT2D eigenvalue weighted by molar-refractivity contribution is -0.118. The van der Waals surface area contributed by atoms with Gasteiger partial charge in [0.25, 0.3) is 0 Å². The van der Waals surface area contributed by atoms with Crippen LogP contribution in [0.1, 0.15) is 23.6 Å². The fourth-order valence-corrected chi connectivity index (χ4v) is 3.73. The summed E-state index contributed by atoms with van der Waals surface area (Å²) < 4.78 is 2.00. The van der Waals surface area contributed by atoms with Crippen molar-refractivity contribution in [1.29, 1.82) is 0 Å². The summed E-state index contributed by atoms with van der Waals surface area (Å²) in [5.41, 5.74) is 4.22. The lowest BCUT2D eigenvalue weighted by Gasteiger charge is -2.09. The predicted octanol–water partition coefficient (Wildman–Crippen LogP) is 4.64. The van der Waals surface area contributed by atoms with Crippen molar-refractivity contribution in [3.05, 3.63) is 64.2 Å². The van der Waals surface area contributed by atoms with Crippen molar-refractivity contribution in [3.8, 4) is 11.4 Å². The lowest BCUT2D eigenvalue weighted by atomic mass is 10.1. The molecule has 1 heterocycles. The molecule has 0 saturated heterocycles. The maximum absolute atomic E-state index is 12.2. The Balaban J connectivity index is 1.62. The van der Waals surface area contributed by atoms with Gasteiger partial charge >= 0.3 is 0 Å². The normalized spacial score (nSPS) is 10.9. The third kappa shape index (κ3) is 4.94. The molecule has 1 N–H and O–H groups in total. The van der Waals surface area contributed by atoms with Crippen molar-refractivity contribution in [1.82, 2.24) is 20.1 Å². The summed E-state index contributed by atoms with van der Waals surface area (Å²) in [5, 5.41) is 12.9. The van der Waals surface area contributed by atoms with Gasteiger partial charge in [0, 0.05) is 23.7 Å². The van der Waals surface area contributed by atoms with Crippen molar-refractivity contribution < 1.29 is 4.79 Å². The molecular weight excluding hydrogens is 392 g/mol. The Kier molecular flexibility index (Phi) is 6.75. The molecule has 5 nitrogen and oxygen atoms in total. The molecule has 0 atom stereocenters. The Hall–Kier alpha value is -2.31. The quantitative estimate of drug-likeness (QED) is 0.572. The van der Waals surface area contributed by atoms with E-state index in [1.807, 2.05) is 67.8 Å². The van der Waals surface area contributed by atoms with Crippen LogP contribution in [0.25, 0.3) is 11.4 Å². The second-order valence-corrected chi connectivity index (χ2v) is 7.92. The van der Waals surface area contributed by atoms with Crippen LogP contribution in [0.3, 0.4) is 0 Å². The van der Waals surface area contributed by atoms with Gasteiger partial charge in [-0.15, -0.1) is 10.2 Å². The van der Waals surface area contributed by atoms with Crippen LogP contribution in [0.15, 0.2) is 47.6 Å². The van der Waals surface area contributed by atoms with Gasteiger partial charge in [-0.3, -0.25) is 4.79 Å². The molecule has 7 heteroatoms. The van der Waals surface area contributed by atoms with Gasteiger partial charge in [0.15, 0.2) is 11.0 Å². The highest BCUT2D eigenvalue weighted by Gasteiger charge is 2.15. The van der Waals surface area contributed by atoms with Crippen LogP contribution >= 0.6 is 23.4 Å². The number of benzene rings is 2. The zero-order valence-electron chi connectivity index (χ0n) is 16.2. The van der Waals surface area contributed by atoms with E-state index in [0.717, 1.165) is 27.7 Å². The van der Waals surface area contributed by atoms with Gasteiger partial charge < -0.3 is 9.88 Å². The number of carbonyl (C=O) groups is 1. The number of thioether (sulfide) groups is 1. The standard InChI is InChI=1S/C21H23ClN4OS/c1-4-26-20(17-10-7-15(3)18(22)11-17)24-25-21(26)28-13-19(27)23-12-16-8-5-14(2)6-9-16/h5-11H,4,12-13H2,1-3H3,(H,23,27). The van der Waals surface area contributed by atoms with Gasteiger partial charge in [-0.25, -0.2) is 0 Å². The second-order valence-electron chi connectivity index (χ2n) is 6.57. The molecule has 3 rings (SSSR count). The highest BCUT2D eigenvalue weighted by molar-refractivity contribution is 7.99.